The van der Waals surface area contributed by atoms with Gasteiger partial charge >= 0.3 is 5.97 Å². The zero-order valence-corrected chi connectivity index (χ0v) is 19.2. The number of unbranched alkanes of at least 4 members (excludes halogenated alkanes) is 14. The van der Waals surface area contributed by atoms with E-state index in [0.29, 0.717) is 13.0 Å². The molecule has 1 aromatic rings. The van der Waals surface area contributed by atoms with E-state index >= 15 is 0 Å². The summed E-state index contributed by atoms with van der Waals surface area (Å²) >= 11 is 0. The summed E-state index contributed by atoms with van der Waals surface area (Å²) in [5.41, 5.74) is 0.978. The highest BCUT2D eigenvalue weighted by molar-refractivity contribution is 5.69. The number of esters is 1. The summed E-state index contributed by atoms with van der Waals surface area (Å²) in [7, 11) is 0. The van der Waals surface area contributed by atoms with Crippen LogP contribution in [0.5, 0.6) is 5.75 Å². The Morgan fingerprint density at radius 3 is 1.73 bits per heavy atom. The van der Waals surface area contributed by atoms with Crippen molar-refractivity contribution in [3.63, 3.8) is 0 Å². The number of phenolic OH excluding ortho intramolecular Hbond substituents is 1. The van der Waals surface area contributed by atoms with Gasteiger partial charge in [-0.05, 0) is 30.2 Å². The molecule has 0 unspecified atom stereocenters. The highest BCUT2D eigenvalue weighted by atomic mass is 16.5. The molecule has 170 valence electrons. The number of aromatic hydroxyl groups is 1. The Kier molecular flexibility index (Phi) is 16.8. The molecule has 0 spiro atoms. The first-order valence-corrected chi connectivity index (χ1v) is 12.3. The molecule has 0 atom stereocenters. The number of carbonyl (C=O) groups is 1. The number of hydrogen-bond acceptors (Lipinski definition) is 3. The third-order valence-electron chi connectivity index (χ3n) is 5.53. The van der Waals surface area contributed by atoms with E-state index < -0.39 is 0 Å². The fraction of sp³-hybridized carbons (Fsp3) is 0.667. The molecule has 30 heavy (non-hydrogen) atoms. The Morgan fingerprint density at radius 2 is 1.23 bits per heavy atom. The molecule has 0 saturated heterocycles. The van der Waals surface area contributed by atoms with E-state index in [1.807, 2.05) is 24.3 Å². The number of hydrogen-bond donors (Lipinski definition) is 1. The van der Waals surface area contributed by atoms with Crippen LogP contribution in [0.4, 0.5) is 0 Å². The monoisotopic (exact) mass is 416 g/mol. The van der Waals surface area contributed by atoms with Crippen molar-refractivity contribution >= 4 is 12.0 Å². The highest BCUT2D eigenvalue weighted by Crippen LogP contribution is 2.14. The highest BCUT2D eigenvalue weighted by Gasteiger charge is 2.01. The standard InChI is InChI=1S/C27H44O3/c1-2-3-4-5-6-7-8-9-10-11-12-13-14-15-16-19-27(29)30-24-17-18-25-20-22-26(28)23-21-25/h17-18,20-23,28H,2-16,19,24H2,1H3. The summed E-state index contributed by atoms with van der Waals surface area (Å²) in [5, 5.41) is 9.24. The van der Waals surface area contributed by atoms with Crippen LogP contribution in [0.15, 0.2) is 30.3 Å². The lowest BCUT2D eigenvalue weighted by molar-refractivity contribution is -0.142. The van der Waals surface area contributed by atoms with Crippen molar-refractivity contribution in [3.05, 3.63) is 35.9 Å². The van der Waals surface area contributed by atoms with Gasteiger partial charge in [0.1, 0.15) is 12.4 Å². The lowest BCUT2D eigenvalue weighted by atomic mass is 10.0. The number of ether oxygens (including phenoxy) is 1. The zero-order chi connectivity index (χ0) is 21.7. The number of phenols is 1. The van der Waals surface area contributed by atoms with Crippen molar-refractivity contribution in [1.82, 2.24) is 0 Å². The number of rotatable bonds is 19. The Balaban J connectivity index is 1.82. The van der Waals surface area contributed by atoms with E-state index in [1.54, 1.807) is 12.1 Å². The van der Waals surface area contributed by atoms with Crippen molar-refractivity contribution in [2.45, 2.75) is 110 Å². The van der Waals surface area contributed by atoms with Gasteiger partial charge in [0, 0.05) is 6.42 Å². The molecule has 0 saturated carbocycles. The van der Waals surface area contributed by atoms with Crippen LogP contribution < -0.4 is 0 Å². The molecule has 1 N–H and O–H groups in total. The first-order chi connectivity index (χ1) is 14.7. The molecule has 3 heteroatoms. The van der Waals surface area contributed by atoms with Crippen LogP contribution in [0.25, 0.3) is 6.08 Å². The maximum Gasteiger partial charge on any atom is 0.306 e. The second kappa shape index (κ2) is 19.2. The normalized spacial score (nSPS) is 11.2. The Morgan fingerprint density at radius 1 is 0.767 bits per heavy atom. The van der Waals surface area contributed by atoms with Gasteiger partial charge in [-0.3, -0.25) is 4.79 Å². The average Bonchev–Trinajstić information content (AvgIpc) is 2.75. The lowest BCUT2D eigenvalue weighted by Crippen LogP contribution is -2.03. The van der Waals surface area contributed by atoms with Crippen LogP contribution in [-0.2, 0) is 9.53 Å². The van der Waals surface area contributed by atoms with Gasteiger partial charge in [0.25, 0.3) is 0 Å². The first-order valence-electron chi connectivity index (χ1n) is 12.3. The molecule has 0 heterocycles. The maximum absolute atomic E-state index is 11.7. The van der Waals surface area contributed by atoms with Crippen LogP contribution in [0.2, 0.25) is 0 Å². The van der Waals surface area contributed by atoms with Crippen LogP contribution >= 0.6 is 0 Å². The largest absolute Gasteiger partial charge is 0.508 e. The summed E-state index contributed by atoms with van der Waals surface area (Å²) in [5.74, 6) is 0.141. The third kappa shape index (κ3) is 16.1. The van der Waals surface area contributed by atoms with Crippen LogP contribution in [0.1, 0.15) is 115 Å². The van der Waals surface area contributed by atoms with Gasteiger partial charge < -0.3 is 9.84 Å². The Bertz CT molecular complexity index is 548. The van der Waals surface area contributed by atoms with Crippen molar-refractivity contribution < 1.29 is 14.6 Å². The van der Waals surface area contributed by atoms with E-state index in [4.69, 9.17) is 4.74 Å². The second-order valence-corrected chi connectivity index (χ2v) is 8.38. The molecule has 0 fully saturated rings. The van der Waals surface area contributed by atoms with Gasteiger partial charge in [0.2, 0.25) is 0 Å². The molecular weight excluding hydrogens is 372 g/mol. The van der Waals surface area contributed by atoms with Crippen molar-refractivity contribution in [2.75, 3.05) is 6.61 Å². The Labute approximate surface area is 184 Å². The number of benzene rings is 1. The first kappa shape index (κ1) is 26.3. The topological polar surface area (TPSA) is 46.5 Å². The van der Waals surface area contributed by atoms with Crippen LogP contribution in [-0.4, -0.2) is 17.7 Å². The van der Waals surface area contributed by atoms with E-state index in [2.05, 4.69) is 6.92 Å². The minimum atomic E-state index is -0.111. The minimum Gasteiger partial charge on any atom is -0.508 e. The predicted octanol–water partition coefficient (Wildman–Crippen LogP) is 8.21. The molecule has 1 aromatic carbocycles. The maximum atomic E-state index is 11.7. The zero-order valence-electron chi connectivity index (χ0n) is 19.2. The molecule has 0 aliphatic heterocycles. The molecule has 0 aliphatic rings. The quantitative estimate of drug-likeness (QED) is 0.182. The van der Waals surface area contributed by atoms with E-state index in [0.717, 1.165) is 18.4 Å². The molecular formula is C27H44O3. The van der Waals surface area contributed by atoms with Crippen molar-refractivity contribution in [2.24, 2.45) is 0 Å². The number of carbonyl (C=O) groups excluding carboxylic acids is 1. The molecule has 0 radical (unpaired) electrons. The van der Waals surface area contributed by atoms with Gasteiger partial charge in [0.05, 0.1) is 0 Å². The average molecular weight is 417 g/mol. The molecule has 0 bridgehead atoms. The molecule has 0 amide bonds. The SMILES string of the molecule is CCCCCCCCCCCCCCCCCC(=O)OCC=Cc1ccc(O)cc1. The van der Waals surface area contributed by atoms with Crippen molar-refractivity contribution in [3.8, 4) is 5.75 Å². The summed E-state index contributed by atoms with van der Waals surface area (Å²) in [4.78, 5) is 11.7. The fourth-order valence-corrected chi connectivity index (χ4v) is 3.62. The van der Waals surface area contributed by atoms with E-state index in [1.165, 1.54) is 83.5 Å². The van der Waals surface area contributed by atoms with E-state index in [9.17, 15) is 9.90 Å². The molecule has 3 nitrogen and oxygen atoms in total. The lowest BCUT2D eigenvalue weighted by Gasteiger charge is -2.04. The summed E-state index contributed by atoms with van der Waals surface area (Å²) in [6, 6.07) is 6.93. The van der Waals surface area contributed by atoms with Crippen LogP contribution in [0.3, 0.4) is 0 Å². The van der Waals surface area contributed by atoms with Gasteiger partial charge in [-0.25, -0.2) is 0 Å². The third-order valence-corrected chi connectivity index (χ3v) is 5.53. The fourth-order valence-electron chi connectivity index (χ4n) is 3.62. The van der Waals surface area contributed by atoms with E-state index in [-0.39, 0.29) is 11.7 Å². The smallest absolute Gasteiger partial charge is 0.306 e. The van der Waals surface area contributed by atoms with Gasteiger partial charge in [-0.15, -0.1) is 0 Å². The predicted molar refractivity (Wildman–Crippen MR) is 128 cm³/mol. The minimum absolute atomic E-state index is 0.111. The van der Waals surface area contributed by atoms with Gasteiger partial charge in [0.15, 0.2) is 0 Å². The second-order valence-electron chi connectivity index (χ2n) is 8.38. The summed E-state index contributed by atoms with van der Waals surface area (Å²) < 4.78 is 5.23. The van der Waals surface area contributed by atoms with Gasteiger partial charge in [-0.2, -0.15) is 0 Å². The summed E-state index contributed by atoms with van der Waals surface area (Å²) in [6.07, 6.45) is 24.2. The van der Waals surface area contributed by atoms with Crippen LogP contribution in [0, 0.1) is 0 Å². The van der Waals surface area contributed by atoms with Crippen molar-refractivity contribution in [1.29, 1.82) is 0 Å². The molecule has 1 rings (SSSR count). The Hall–Kier alpha value is -1.77. The van der Waals surface area contributed by atoms with Gasteiger partial charge in [-0.1, -0.05) is 115 Å². The molecule has 0 aromatic heterocycles. The molecule has 0 aliphatic carbocycles. The summed E-state index contributed by atoms with van der Waals surface area (Å²) in [6.45, 7) is 2.58.